The van der Waals surface area contributed by atoms with Crippen molar-refractivity contribution in [2.75, 3.05) is 0 Å². The van der Waals surface area contributed by atoms with Gasteiger partial charge in [0.15, 0.2) is 5.03 Å². The van der Waals surface area contributed by atoms with Crippen molar-refractivity contribution < 1.29 is 9.83 Å². The molecule has 1 aromatic rings. The van der Waals surface area contributed by atoms with E-state index >= 15 is 0 Å². The number of nitro groups is 1. The molecule has 1 N–H and O–H groups in total. The zero-order valence-corrected chi connectivity index (χ0v) is 7.95. The van der Waals surface area contributed by atoms with Crippen molar-refractivity contribution in [2.24, 2.45) is 0 Å². The average molecular weight is 245 g/mol. The molecule has 0 saturated heterocycles. The van der Waals surface area contributed by atoms with Gasteiger partial charge in [0.2, 0.25) is 0 Å². The summed E-state index contributed by atoms with van der Waals surface area (Å²) in [6.45, 7) is 0. The molecular weight excluding hydrogens is 240 g/mol. The number of hydrogen-bond donors (Lipinski definition) is 1. The Kier molecular flexibility index (Phi) is 2.97. The molecule has 0 spiro atoms. The van der Waals surface area contributed by atoms with Crippen molar-refractivity contribution in [1.29, 1.82) is 0 Å². The maximum absolute atomic E-state index is 11.0. The van der Waals surface area contributed by atoms with Crippen molar-refractivity contribution in [3.05, 3.63) is 44.4 Å². The molecule has 0 fully saturated rings. The number of rotatable bonds is 2. The normalized spacial score (nSPS) is 9.31. The first kappa shape index (κ1) is 9.66. The minimum atomic E-state index is -0.885. The molecule has 6 heteroatoms. The van der Waals surface area contributed by atoms with E-state index in [1.54, 1.807) is 17.6 Å². The van der Waals surface area contributed by atoms with Crippen molar-refractivity contribution >= 4 is 21.8 Å². The Morgan fingerprint density at radius 1 is 1.38 bits per heavy atom. The maximum Gasteiger partial charge on any atom is 0.310 e. The quantitative estimate of drug-likeness (QED) is 0.631. The van der Waals surface area contributed by atoms with Crippen LogP contribution >= 0.6 is 15.9 Å². The molecule has 68 valence electrons. The minimum Gasteiger partial charge on any atom is -0.263 e. The van der Waals surface area contributed by atoms with Crippen LogP contribution in [0.5, 0.6) is 0 Å². The Hall–Kier alpha value is -1.43. The first-order valence-corrected chi connectivity index (χ1v) is 4.10. The van der Waals surface area contributed by atoms with Gasteiger partial charge in [-0.2, -0.15) is 0 Å². The highest BCUT2D eigenvalue weighted by molar-refractivity contribution is 9.10. The van der Waals surface area contributed by atoms with Crippen LogP contribution in [0.4, 0.5) is 0 Å². The van der Waals surface area contributed by atoms with Crippen LogP contribution in [0.15, 0.2) is 28.7 Å². The zero-order chi connectivity index (χ0) is 9.84. The van der Waals surface area contributed by atoms with E-state index in [9.17, 15) is 14.9 Å². The molecule has 0 atom stereocenters. The van der Waals surface area contributed by atoms with Crippen LogP contribution in [0.25, 0.3) is 0 Å². The van der Waals surface area contributed by atoms with Gasteiger partial charge in [0, 0.05) is 10.0 Å². The Balaban J connectivity index is 2.78. The van der Waals surface area contributed by atoms with E-state index in [-0.39, 0.29) is 5.56 Å². The Morgan fingerprint density at radius 2 is 1.92 bits per heavy atom. The summed E-state index contributed by atoms with van der Waals surface area (Å²) in [5.74, 6) is -0.725. The summed E-state index contributed by atoms with van der Waals surface area (Å²) in [5.41, 5.74) is 1.80. The standard InChI is InChI=1S/C7H5BrN2O3/c8-6-3-1-5(2-4-6)7(11)9-10(12)13/h1-4H,(H,9,11). The minimum absolute atomic E-state index is 0.250. The van der Waals surface area contributed by atoms with Crippen LogP contribution in [0, 0.1) is 10.1 Å². The number of halogens is 1. The topological polar surface area (TPSA) is 72.2 Å². The highest BCUT2D eigenvalue weighted by atomic mass is 79.9. The fourth-order valence-corrected chi connectivity index (χ4v) is 1.01. The van der Waals surface area contributed by atoms with E-state index < -0.39 is 10.9 Å². The number of hydrogen-bond acceptors (Lipinski definition) is 3. The molecule has 1 rings (SSSR count). The number of carbonyl (C=O) groups is 1. The van der Waals surface area contributed by atoms with Gasteiger partial charge >= 0.3 is 5.91 Å². The largest absolute Gasteiger partial charge is 0.310 e. The van der Waals surface area contributed by atoms with Gasteiger partial charge in [-0.1, -0.05) is 21.4 Å². The molecule has 1 amide bonds. The predicted octanol–water partition coefficient (Wildman–Crippen LogP) is 1.37. The van der Waals surface area contributed by atoms with Gasteiger partial charge in [-0.05, 0) is 24.3 Å². The number of hydrazine groups is 1. The van der Waals surface area contributed by atoms with E-state index in [1.165, 1.54) is 12.1 Å². The summed E-state index contributed by atoms with van der Waals surface area (Å²) in [6.07, 6.45) is 0. The Morgan fingerprint density at radius 3 is 2.38 bits per heavy atom. The second-order valence-corrected chi connectivity index (χ2v) is 3.12. The summed E-state index contributed by atoms with van der Waals surface area (Å²) >= 11 is 3.18. The molecule has 0 aliphatic heterocycles. The summed E-state index contributed by atoms with van der Waals surface area (Å²) < 4.78 is 0.810. The Bertz CT molecular complexity index is 336. The number of amides is 1. The lowest BCUT2D eigenvalue weighted by Gasteiger charge is -1.96. The van der Waals surface area contributed by atoms with Crippen molar-refractivity contribution in [1.82, 2.24) is 5.43 Å². The van der Waals surface area contributed by atoms with Gasteiger partial charge in [0.05, 0.1) is 0 Å². The molecule has 0 saturated carbocycles. The third-order valence-electron chi connectivity index (χ3n) is 1.30. The van der Waals surface area contributed by atoms with E-state index in [0.29, 0.717) is 0 Å². The van der Waals surface area contributed by atoms with Gasteiger partial charge in [-0.15, -0.1) is 0 Å². The Labute approximate surface area is 82.0 Å². The number of benzene rings is 1. The summed E-state index contributed by atoms with van der Waals surface area (Å²) in [7, 11) is 0. The maximum atomic E-state index is 11.0. The molecule has 0 aromatic heterocycles. The van der Waals surface area contributed by atoms with E-state index in [1.807, 2.05) is 0 Å². The van der Waals surface area contributed by atoms with Crippen molar-refractivity contribution in [2.45, 2.75) is 0 Å². The SMILES string of the molecule is O=C(N[N+](=O)[O-])c1ccc(Br)cc1. The lowest BCUT2D eigenvalue weighted by atomic mass is 10.2. The first-order valence-electron chi connectivity index (χ1n) is 3.30. The third kappa shape index (κ3) is 2.83. The molecule has 0 aliphatic carbocycles. The molecule has 13 heavy (non-hydrogen) atoms. The number of nitrogens with zero attached hydrogens (tertiary/aromatic N) is 1. The number of carbonyl (C=O) groups excluding carboxylic acids is 1. The van der Waals surface area contributed by atoms with Crippen LogP contribution in [0.3, 0.4) is 0 Å². The molecule has 0 bridgehead atoms. The molecule has 0 aliphatic rings. The second kappa shape index (κ2) is 3.99. The van der Waals surface area contributed by atoms with Crippen LogP contribution in [-0.2, 0) is 0 Å². The molecule has 0 unspecified atom stereocenters. The molecule has 1 aromatic carbocycles. The monoisotopic (exact) mass is 244 g/mol. The third-order valence-corrected chi connectivity index (χ3v) is 1.83. The van der Waals surface area contributed by atoms with Crippen LogP contribution in [0.2, 0.25) is 0 Å². The van der Waals surface area contributed by atoms with E-state index in [4.69, 9.17) is 0 Å². The van der Waals surface area contributed by atoms with Gasteiger partial charge in [0.1, 0.15) is 0 Å². The van der Waals surface area contributed by atoms with Crippen LogP contribution < -0.4 is 5.43 Å². The average Bonchev–Trinajstić information content (AvgIpc) is 2.04. The van der Waals surface area contributed by atoms with Crippen molar-refractivity contribution in [3.8, 4) is 0 Å². The first-order chi connectivity index (χ1) is 6.09. The van der Waals surface area contributed by atoms with Crippen molar-refractivity contribution in [3.63, 3.8) is 0 Å². The fourth-order valence-electron chi connectivity index (χ4n) is 0.749. The highest BCUT2D eigenvalue weighted by Gasteiger charge is 2.09. The molecule has 0 heterocycles. The number of nitrogens with one attached hydrogen (secondary N) is 1. The molecular formula is C7H5BrN2O3. The highest BCUT2D eigenvalue weighted by Crippen LogP contribution is 2.10. The van der Waals surface area contributed by atoms with Crippen LogP contribution in [-0.4, -0.2) is 10.9 Å². The predicted molar refractivity (Wildman–Crippen MR) is 48.6 cm³/mol. The molecule has 5 nitrogen and oxygen atoms in total. The summed E-state index contributed by atoms with van der Waals surface area (Å²) in [4.78, 5) is 20.9. The smallest absolute Gasteiger partial charge is 0.263 e. The van der Waals surface area contributed by atoms with E-state index in [2.05, 4.69) is 15.9 Å². The summed E-state index contributed by atoms with van der Waals surface area (Å²) in [6, 6.07) is 6.25. The van der Waals surface area contributed by atoms with Gasteiger partial charge in [0.25, 0.3) is 0 Å². The van der Waals surface area contributed by atoms with Gasteiger partial charge in [-0.25, -0.2) is 10.1 Å². The molecule has 0 radical (unpaired) electrons. The van der Waals surface area contributed by atoms with Gasteiger partial charge < -0.3 is 0 Å². The second-order valence-electron chi connectivity index (χ2n) is 2.20. The van der Waals surface area contributed by atoms with Gasteiger partial charge in [-0.3, -0.25) is 4.79 Å². The summed E-state index contributed by atoms with van der Waals surface area (Å²) in [5, 5.41) is 9.03. The van der Waals surface area contributed by atoms with Crippen LogP contribution in [0.1, 0.15) is 10.4 Å². The lowest BCUT2D eigenvalue weighted by Crippen LogP contribution is -2.29. The fraction of sp³-hybridized carbons (Fsp3) is 0. The van der Waals surface area contributed by atoms with E-state index in [0.717, 1.165) is 4.47 Å². The lowest BCUT2D eigenvalue weighted by molar-refractivity contribution is -0.527. The zero-order valence-electron chi connectivity index (χ0n) is 6.36.